The van der Waals surface area contributed by atoms with Crippen LogP contribution in [0.25, 0.3) is 6.08 Å². The molecule has 0 saturated heterocycles. The number of rotatable bonds is 3. The topological polar surface area (TPSA) is 44.7 Å². The van der Waals surface area contributed by atoms with Gasteiger partial charge in [0, 0.05) is 5.56 Å². The van der Waals surface area contributed by atoms with Crippen LogP contribution >= 0.6 is 0 Å². The van der Waals surface area contributed by atoms with Crippen molar-refractivity contribution in [3.8, 4) is 0 Å². The van der Waals surface area contributed by atoms with Crippen molar-refractivity contribution in [1.29, 1.82) is 0 Å². The summed E-state index contributed by atoms with van der Waals surface area (Å²) in [5, 5.41) is 0. The van der Waals surface area contributed by atoms with Gasteiger partial charge in [-0.3, -0.25) is 4.79 Å². The number of ketones is 1. The van der Waals surface area contributed by atoms with E-state index in [2.05, 4.69) is 5.73 Å². The Morgan fingerprint density at radius 2 is 1.56 bits per heavy atom. The largest absolute Gasteiger partial charge is 1.00 e. The highest BCUT2D eigenvalue weighted by Gasteiger charge is 1.99. The van der Waals surface area contributed by atoms with Crippen LogP contribution < -0.4 is 18.1 Å². The molecule has 0 spiro atoms. The van der Waals surface area contributed by atoms with E-state index in [0.717, 1.165) is 11.3 Å². The van der Waals surface area contributed by atoms with Crippen LogP contribution in [-0.2, 0) is 0 Å². The third-order valence-corrected chi connectivity index (χ3v) is 2.47. The standard InChI is InChI=1S/C15H13NO.ClH/c16-14-9-6-12(7-10-14)8-11-15(17)13-4-2-1-3-5-13;/h1-11H,16H2;1H/b11-8+;. The van der Waals surface area contributed by atoms with Crippen molar-refractivity contribution >= 4 is 17.5 Å². The molecule has 92 valence electrons. The molecule has 2 aromatic carbocycles. The fraction of sp³-hybridized carbons (Fsp3) is 0. The molecule has 0 saturated carbocycles. The number of hydrogen-bond acceptors (Lipinski definition) is 1. The van der Waals surface area contributed by atoms with Gasteiger partial charge >= 0.3 is 0 Å². The molecule has 0 aliphatic rings. The first-order valence-electron chi connectivity index (χ1n) is 5.45. The number of halogens is 1. The third kappa shape index (κ3) is 3.84. The molecule has 0 aromatic heterocycles. The Kier molecular flexibility index (Phi) is 5.31. The minimum Gasteiger partial charge on any atom is -1.00 e. The summed E-state index contributed by atoms with van der Waals surface area (Å²) in [6.07, 6.45) is 3.40. The monoisotopic (exact) mass is 259 g/mol. The highest BCUT2D eigenvalue weighted by molar-refractivity contribution is 6.06. The molecular formula is C15H14ClNO. The molecule has 0 fully saturated rings. The van der Waals surface area contributed by atoms with Gasteiger partial charge < -0.3 is 18.1 Å². The van der Waals surface area contributed by atoms with Crippen LogP contribution in [0.2, 0.25) is 0 Å². The van der Waals surface area contributed by atoms with Crippen LogP contribution in [0.1, 0.15) is 15.9 Å². The molecule has 0 heterocycles. The lowest BCUT2D eigenvalue weighted by molar-refractivity contribution is -0.254. The van der Waals surface area contributed by atoms with Gasteiger partial charge in [0.2, 0.25) is 0 Å². The van der Waals surface area contributed by atoms with Crippen molar-refractivity contribution in [2.45, 2.75) is 0 Å². The molecule has 2 nitrogen and oxygen atoms in total. The molecule has 3 N–H and O–H groups in total. The highest BCUT2D eigenvalue weighted by Crippen LogP contribution is 2.07. The van der Waals surface area contributed by atoms with Gasteiger partial charge in [-0.15, -0.1) is 0 Å². The van der Waals surface area contributed by atoms with Crippen LogP contribution in [0.3, 0.4) is 0 Å². The number of allylic oxidation sites excluding steroid dienone is 1. The van der Waals surface area contributed by atoms with Gasteiger partial charge in [-0.25, -0.2) is 0 Å². The van der Waals surface area contributed by atoms with Crippen molar-refractivity contribution in [3.63, 3.8) is 0 Å². The van der Waals surface area contributed by atoms with E-state index >= 15 is 0 Å². The molecule has 3 heteroatoms. The first kappa shape index (κ1) is 14.2. The molecule has 0 amide bonds. The minimum atomic E-state index is 0. The summed E-state index contributed by atoms with van der Waals surface area (Å²) < 4.78 is 0. The lowest BCUT2D eigenvalue weighted by Crippen LogP contribution is -3.00. The van der Waals surface area contributed by atoms with E-state index in [1.54, 1.807) is 6.08 Å². The molecule has 0 radical (unpaired) electrons. The van der Waals surface area contributed by atoms with Crippen molar-refractivity contribution in [2.75, 3.05) is 0 Å². The number of benzene rings is 2. The maximum Gasteiger partial charge on any atom is 0.185 e. The normalized spacial score (nSPS) is 10.1. The summed E-state index contributed by atoms with van der Waals surface area (Å²) in [6, 6.07) is 17.0. The summed E-state index contributed by atoms with van der Waals surface area (Å²) in [6.45, 7) is 0. The van der Waals surface area contributed by atoms with Crippen molar-refractivity contribution < 1.29 is 22.9 Å². The van der Waals surface area contributed by atoms with E-state index in [0.29, 0.717) is 5.56 Å². The Bertz CT molecular complexity index is 532. The van der Waals surface area contributed by atoms with Gasteiger partial charge in [-0.05, 0) is 35.9 Å². The number of quaternary nitrogens is 1. The highest BCUT2D eigenvalue weighted by atomic mass is 35.5. The Balaban J connectivity index is 0.00000162. The maximum atomic E-state index is 11.8. The average Bonchev–Trinajstić information content (AvgIpc) is 2.39. The first-order valence-corrected chi connectivity index (χ1v) is 5.45. The molecule has 2 aromatic rings. The second kappa shape index (κ2) is 6.74. The maximum absolute atomic E-state index is 11.8. The number of carbonyl (C=O) groups excluding carboxylic acids is 1. The molecule has 0 aliphatic carbocycles. The van der Waals surface area contributed by atoms with Gasteiger partial charge in [0.1, 0.15) is 5.69 Å². The Morgan fingerprint density at radius 3 is 2.17 bits per heavy atom. The Hall–Kier alpha value is -1.90. The van der Waals surface area contributed by atoms with Gasteiger partial charge in [0.15, 0.2) is 5.78 Å². The van der Waals surface area contributed by atoms with Crippen molar-refractivity contribution in [1.82, 2.24) is 0 Å². The summed E-state index contributed by atoms with van der Waals surface area (Å²) in [5.74, 6) is 0.0179. The average molecular weight is 260 g/mol. The van der Waals surface area contributed by atoms with Gasteiger partial charge in [-0.1, -0.05) is 36.4 Å². The fourth-order valence-electron chi connectivity index (χ4n) is 1.50. The zero-order valence-corrected chi connectivity index (χ0v) is 10.6. The molecular weight excluding hydrogens is 246 g/mol. The van der Waals surface area contributed by atoms with Crippen molar-refractivity contribution in [2.24, 2.45) is 0 Å². The van der Waals surface area contributed by atoms with Crippen LogP contribution in [0.4, 0.5) is 5.69 Å². The fourth-order valence-corrected chi connectivity index (χ4v) is 1.50. The second-order valence-corrected chi connectivity index (χ2v) is 3.81. The van der Waals surface area contributed by atoms with E-state index in [1.165, 1.54) is 0 Å². The lowest BCUT2D eigenvalue weighted by Gasteiger charge is -1.95. The van der Waals surface area contributed by atoms with E-state index in [9.17, 15) is 4.79 Å². The second-order valence-electron chi connectivity index (χ2n) is 3.81. The summed E-state index contributed by atoms with van der Waals surface area (Å²) in [5.41, 5.74) is 6.49. The molecule has 0 unspecified atom stereocenters. The quantitative estimate of drug-likeness (QED) is 0.584. The lowest BCUT2D eigenvalue weighted by atomic mass is 10.1. The molecule has 2 rings (SSSR count). The summed E-state index contributed by atoms with van der Waals surface area (Å²) in [7, 11) is 0. The summed E-state index contributed by atoms with van der Waals surface area (Å²) in [4.78, 5) is 11.8. The zero-order valence-electron chi connectivity index (χ0n) is 9.84. The van der Waals surface area contributed by atoms with Gasteiger partial charge in [-0.2, -0.15) is 0 Å². The Morgan fingerprint density at radius 1 is 0.944 bits per heavy atom. The molecule has 0 aliphatic heterocycles. The zero-order chi connectivity index (χ0) is 12.1. The molecule has 0 bridgehead atoms. The number of carbonyl (C=O) groups is 1. The smallest absolute Gasteiger partial charge is 0.185 e. The van der Waals surface area contributed by atoms with Crippen LogP contribution in [0.5, 0.6) is 0 Å². The Labute approximate surface area is 113 Å². The third-order valence-electron chi connectivity index (χ3n) is 2.47. The van der Waals surface area contributed by atoms with Crippen LogP contribution in [0, 0.1) is 0 Å². The van der Waals surface area contributed by atoms with Crippen molar-refractivity contribution in [3.05, 3.63) is 71.8 Å². The van der Waals surface area contributed by atoms with Gasteiger partial charge in [0.05, 0.1) is 0 Å². The van der Waals surface area contributed by atoms with Crippen LogP contribution in [0.15, 0.2) is 60.7 Å². The van der Waals surface area contributed by atoms with E-state index in [-0.39, 0.29) is 18.2 Å². The molecule has 18 heavy (non-hydrogen) atoms. The van der Waals surface area contributed by atoms with E-state index in [4.69, 9.17) is 0 Å². The predicted molar refractivity (Wildman–Crippen MR) is 68.8 cm³/mol. The predicted octanol–water partition coefficient (Wildman–Crippen LogP) is -0.540. The molecule has 0 atom stereocenters. The minimum absolute atomic E-state index is 0. The van der Waals surface area contributed by atoms with E-state index < -0.39 is 0 Å². The summed E-state index contributed by atoms with van der Waals surface area (Å²) >= 11 is 0. The van der Waals surface area contributed by atoms with Gasteiger partial charge in [0.25, 0.3) is 0 Å². The van der Waals surface area contributed by atoms with E-state index in [1.807, 2.05) is 60.7 Å². The first-order chi connectivity index (χ1) is 8.25. The SMILES string of the molecule is [Cl-].[NH3+]c1ccc(/C=C/C(=O)c2ccccc2)cc1. The number of hydrogen-bond donors (Lipinski definition) is 1. The van der Waals surface area contributed by atoms with Crippen LogP contribution in [-0.4, -0.2) is 5.78 Å².